The molecule has 1 aliphatic rings. The first-order chi connectivity index (χ1) is 9.16. The number of hydrogen-bond donors (Lipinski definition) is 1. The van der Waals surface area contributed by atoms with Crippen molar-refractivity contribution in [3.05, 3.63) is 29.3 Å². The van der Waals surface area contributed by atoms with Crippen LogP contribution < -0.4 is 10.5 Å². The molecule has 1 heterocycles. The van der Waals surface area contributed by atoms with Crippen molar-refractivity contribution in [2.45, 2.75) is 19.1 Å². The van der Waals surface area contributed by atoms with Crippen LogP contribution in [0.4, 0.5) is 0 Å². The molecule has 1 aromatic carbocycles. The van der Waals surface area contributed by atoms with Crippen LogP contribution in [0.15, 0.2) is 24.3 Å². The third-order valence-electron chi connectivity index (χ3n) is 3.27. The predicted octanol–water partition coefficient (Wildman–Crippen LogP) is 1.77. The lowest BCUT2D eigenvalue weighted by atomic mass is 10.1. The second-order valence-electron chi connectivity index (χ2n) is 4.85. The normalized spacial score (nSPS) is 22.2. The van der Waals surface area contributed by atoms with E-state index in [1.54, 1.807) is 0 Å². The fourth-order valence-electron chi connectivity index (χ4n) is 2.10. The van der Waals surface area contributed by atoms with Gasteiger partial charge in [0.2, 0.25) is 0 Å². The van der Waals surface area contributed by atoms with Gasteiger partial charge in [-0.25, -0.2) is 0 Å². The molecule has 4 nitrogen and oxygen atoms in total. The number of ether oxygens (including phenoxy) is 2. The average Bonchev–Trinajstić information content (AvgIpc) is 2.41. The smallest absolute Gasteiger partial charge is 0.137 e. The van der Waals surface area contributed by atoms with Crippen molar-refractivity contribution in [3.63, 3.8) is 0 Å². The largest absolute Gasteiger partial charge is 0.491 e. The Labute approximate surface area is 119 Å². The summed E-state index contributed by atoms with van der Waals surface area (Å²) < 4.78 is 11.3. The molecule has 1 aliphatic heterocycles. The Bertz CT molecular complexity index is 401. The highest BCUT2D eigenvalue weighted by molar-refractivity contribution is 6.32. The zero-order chi connectivity index (χ0) is 13.7. The highest BCUT2D eigenvalue weighted by Gasteiger charge is 2.23. The fourth-order valence-corrected chi connectivity index (χ4v) is 2.29. The number of morpholine rings is 1. The average molecular weight is 285 g/mol. The minimum atomic E-state index is 0.0623. The van der Waals surface area contributed by atoms with E-state index in [4.69, 9.17) is 26.8 Å². The van der Waals surface area contributed by atoms with Crippen LogP contribution >= 0.6 is 11.6 Å². The van der Waals surface area contributed by atoms with Gasteiger partial charge in [0, 0.05) is 25.7 Å². The zero-order valence-electron chi connectivity index (χ0n) is 11.2. The number of nitrogens with two attached hydrogens (primary N) is 1. The molecule has 0 spiro atoms. The molecule has 0 saturated carbocycles. The van der Waals surface area contributed by atoms with Crippen molar-refractivity contribution in [3.8, 4) is 5.75 Å². The van der Waals surface area contributed by atoms with Crippen LogP contribution in [0.2, 0.25) is 5.02 Å². The van der Waals surface area contributed by atoms with Gasteiger partial charge in [-0.1, -0.05) is 23.7 Å². The molecule has 0 amide bonds. The molecule has 2 N–H and O–H groups in total. The van der Waals surface area contributed by atoms with Crippen LogP contribution in [0.1, 0.15) is 6.92 Å². The number of hydrogen-bond acceptors (Lipinski definition) is 4. The minimum absolute atomic E-state index is 0.0623. The molecule has 0 bridgehead atoms. The third-order valence-corrected chi connectivity index (χ3v) is 3.58. The van der Waals surface area contributed by atoms with E-state index in [1.807, 2.05) is 31.2 Å². The maximum absolute atomic E-state index is 6.04. The Hall–Kier alpha value is -0.810. The highest BCUT2D eigenvalue weighted by Crippen LogP contribution is 2.22. The van der Waals surface area contributed by atoms with E-state index < -0.39 is 0 Å². The van der Waals surface area contributed by atoms with Crippen molar-refractivity contribution in [1.82, 2.24) is 4.90 Å². The quantitative estimate of drug-likeness (QED) is 0.895. The number of halogens is 1. The summed E-state index contributed by atoms with van der Waals surface area (Å²) in [5.74, 6) is 0.737. The number of para-hydroxylation sites is 1. The predicted molar refractivity (Wildman–Crippen MR) is 76.8 cm³/mol. The topological polar surface area (TPSA) is 47.7 Å². The van der Waals surface area contributed by atoms with Gasteiger partial charge in [0.25, 0.3) is 0 Å². The van der Waals surface area contributed by atoms with Gasteiger partial charge >= 0.3 is 0 Å². The summed E-state index contributed by atoms with van der Waals surface area (Å²) in [4.78, 5) is 2.31. The summed E-state index contributed by atoms with van der Waals surface area (Å²) in [7, 11) is 0. The number of rotatable bonds is 5. The molecule has 2 unspecified atom stereocenters. The number of nitrogens with zero attached hydrogens (tertiary/aromatic N) is 1. The van der Waals surface area contributed by atoms with Gasteiger partial charge < -0.3 is 15.2 Å². The zero-order valence-corrected chi connectivity index (χ0v) is 12.0. The Morgan fingerprint density at radius 3 is 3.05 bits per heavy atom. The second-order valence-corrected chi connectivity index (χ2v) is 5.26. The highest BCUT2D eigenvalue weighted by atomic mass is 35.5. The van der Waals surface area contributed by atoms with Crippen molar-refractivity contribution in [2.75, 3.05) is 32.8 Å². The lowest BCUT2D eigenvalue weighted by molar-refractivity contribution is -0.0402. The number of benzene rings is 1. The monoisotopic (exact) mass is 284 g/mol. The summed E-state index contributed by atoms with van der Waals surface area (Å²) in [5.41, 5.74) is 5.87. The maximum atomic E-state index is 6.04. The van der Waals surface area contributed by atoms with Gasteiger partial charge in [-0.3, -0.25) is 4.90 Å². The molecular formula is C14H21ClN2O2. The molecule has 5 heteroatoms. The molecule has 0 radical (unpaired) electrons. The van der Waals surface area contributed by atoms with Gasteiger partial charge in [0.1, 0.15) is 12.4 Å². The lowest BCUT2D eigenvalue weighted by Crippen LogP contribution is -2.50. The summed E-state index contributed by atoms with van der Waals surface area (Å²) in [6, 6.07) is 7.59. The van der Waals surface area contributed by atoms with Crippen LogP contribution in [0.3, 0.4) is 0 Å². The second kappa shape index (κ2) is 7.10. The van der Waals surface area contributed by atoms with E-state index in [0.29, 0.717) is 11.6 Å². The molecule has 19 heavy (non-hydrogen) atoms. The molecule has 0 aliphatic carbocycles. The Balaban J connectivity index is 1.75. The Morgan fingerprint density at radius 2 is 2.32 bits per heavy atom. The van der Waals surface area contributed by atoms with Crippen LogP contribution in [0.5, 0.6) is 5.75 Å². The summed E-state index contributed by atoms with van der Waals surface area (Å²) in [5, 5.41) is 0.651. The molecular weight excluding hydrogens is 264 g/mol. The SMILES string of the molecule is CC(N)C1CN(CCOc2ccccc2Cl)CCO1. The molecule has 2 rings (SSSR count). The van der Waals surface area contributed by atoms with Crippen molar-refractivity contribution in [1.29, 1.82) is 0 Å². The van der Waals surface area contributed by atoms with E-state index in [2.05, 4.69) is 4.90 Å². The van der Waals surface area contributed by atoms with Crippen LogP contribution in [-0.4, -0.2) is 49.9 Å². The van der Waals surface area contributed by atoms with E-state index in [0.717, 1.165) is 32.0 Å². The summed E-state index contributed by atoms with van der Waals surface area (Å²) in [6.45, 7) is 5.98. The Morgan fingerprint density at radius 1 is 1.53 bits per heavy atom. The van der Waals surface area contributed by atoms with Gasteiger partial charge in [0.15, 0.2) is 0 Å². The molecule has 106 valence electrons. The summed E-state index contributed by atoms with van der Waals surface area (Å²) in [6.07, 6.45) is 0.120. The van der Waals surface area contributed by atoms with Crippen LogP contribution in [0.25, 0.3) is 0 Å². The third kappa shape index (κ3) is 4.35. The Kier molecular flexibility index (Phi) is 5.45. The molecule has 0 aromatic heterocycles. The first-order valence-corrected chi connectivity index (χ1v) is 7.01. The van der Waals surface area contributed by atoms with Gasteiger partial charge in [0.05, 0.1) is 17.7 Å². The maximum Gasteiger partial charge on any atom is 0.137 e. The first kappa shape index (κ1) is 14.6. The molecule has 1 saturated heterocycles. The van der Waals surface area contributed by atoms with Gasteiger partial charge in [-0.15, -0.1) is 0 Å². The van der Waals surface area contributed by atoms with Crippen LogP contribution in [0, 0.1) is 0 Å². The van der Waals surface area contributed by atoms with Gasteiger partial charge in [-0.2, -0.15) is 0 Å². The standard InChI is InChI=1S/C14H21ClN2O2/c1-11(16)14-10-17(7-9-19-14)6-8-18-13-5-3-2-4-12(13)15/h2-5,11,14H,6-10,16H2,1H3. The van der Waals surface area contributed by atoms with Crippen LogP contribution in [-0.2, 0) is 4.74 Å². The van der Waals surface area contributed by atoms with Crippen molar-refractivity contribution < 1.29 is 9.47 Å². The van der Waals surface area contributed by atoms with Crippen molar-refractivity contribution >= 4 is 11.6 Å². The molecule has 2 atom stereocenters. The molecule has 1 aromatic rings. The van der Waals surface area contributed by atoms with E-state index in [-0.39, 0.29) is 12.1 Å². The fraction of sp³-hybridized carbons (Fsp3) is 0.571. The first-order valence-electron chi connectivity index (χ1n) is 6.63. The lowest BCUT2D eigenvalue weighted by Gasteiger charge is -2.34. The minimum Gasteiger partial charge on any atom is -0.491 e. The molecule has 1 fully saturated rings. The van der Waals surface area contributed by atoms with Crippen molar-refractivity contribution in [2.24, 2.45) is 5.73 Å². The van der Waals surface area contributed by atoms with E-state index in [9.17, 15) is 0 Å². The van der Waals surface area contributed by atoms with E-state index in [1.165, 1.54) is 0 Å². The summed E-state index contributed by atoms with van der Waals surface area (Å²) >= 11 is 6.04. The van der Waals surface area contributed by atoms with E-state index >= 15 is 0 Å². The van der Waals surface area contributed by atoms with Gasteiger partial charge in [-0.05, 0) is 19.1 Å².